The fourth-order valence-corrected chi connectivity index (χ4v) is 4.62. The standard InChI is InChI=1S/C26H33F2N5O/c1-17(14-34-2)32-19-4-6-20(7-5-19)33-25-12-21(23(28)13-30-25)18-3-8-22(27)24(11-18)31-16-26(15-29)9-10-26/h3,8,11-13,17,19-20,31-32H,4-7,9-10,14,16H2,1-2H3,(H,30,33)/t17-,19-,20-/m1/s1. The highest BCUT2D eigenvalue weighted by molar-refractivity contribution is 5.71. The SMILES string of the molecule is COC[C@@H](C)N[C@H]1CC[C@H](Nc2cc(-c3ccc(F)c(NCC4(C#N)CC4)c3)c(F)cn2)CC1. The van der Waals surface area contributed by atoms with E-state index in [-0.39, 0.29) is 11.7 Å². The Hall–Kier alpha value is -2.76. The number of hydrogen-bond acceptors (Lipinski definition) is 6. The molecular formula is C26H33F2N5O. The lowest BCUT2D eigenvalue weighted by Gasteiger charge is -2.31. The monoisotopic (exact) mass is 469 g/mol. The number of nitrogens with one attached hydrogen (secondary N) is 3. The minimum absolute atomic E-state index is 0.271. The summed E-state index contributed by atoms with van der Waals surface area (Å²) >= 11 is 0. The quantitative estimate of drug-likeness (QED) is 0.450. The Morgan fingerprint density at radius 1 is 1.15 bits per heavy atom. The van der Waals surface area contributed by atoms with Crippen LogP contribution in [-0.2, 0) is 4.74 Å². The highest BCUT2D eigenvalue weighted by atomic mass is 19.1. The maximum absolute atomic E-state index is 14.7. The maximum atomic E-state index is 14.7. The van der Waals surface area contributed by atoms with Gasteiger partial charge in [0, 0.05) is 37.3 Å². The number of nitrogens with zero attached hydrogens (tertiary/aromatic N) is 2. The lowest BCUT2D eigenvalue weighted by atomic mass is 9.90. The average molecular weight is 470 g/mol. The molecule has 182 valence electrons. The van der Waals surface area contributed by atoms with Crippen LogP contribution >= 0.6 is 0 Å². The van der Waals surface area contributed by atoms with Gasteiger partial charge in [-0.3, -0.25) is 0 Å². The summed E-state index contributed by atoms with van der Waals surface area (Å²) in [4.78, 5) is 4.23. The first-order valence-electron chi connectivity index (χ1n) is 12.0. The lowest BCUT2D eigenvalue weighted by Crippen LogP contribution is -2.42. The topological polar surface area (TPSA) is 82.0 Å². The van der Waals surface area contributed by atoms with Gasteiger partial charge >= 0.3 is 0 Å². The van der Waals surface area contributed by atoms with Gasteiger partial charge in [-0.2, -0.15) is 5.26 Å². The van der Waals surface area contributed by atoms with E-state index in [4.69, 9.17) is 4.74 Å². The summed E-state index contributed by atoms with van der Waals surface area (Å²) < 4.78 is 34.2. The zero-order valence-electron chi connectivity index (χ0n) is 19.8. The maximum Gasteiger partial charge on any atom is 0.149 e. The average Bonchev–Trinajstić information content (AvgIpc) is 3.62. The molecule has 1 atom stereocenters. The van der Waals surface area contributed by atoms with Gasteiger partial charge in [-0.15, -0.1) is 0 Å². The number of halogens is 2. The van der Waals surface area contributed by atoms with Gasteiger partial charge in [-0.25, -0.2) is 13.8 Å². The summed E-state index contributed by atoms with van der Waals surface area (Å²) in [6.07, 6.45) is 6.94. The molecule has 0 bridgehead atoms. The molecule has 0 aliphatic heterocycles. The highest BCUT2D eigenvalue weighted by Crippen LogP contribution is 2.45. The molecule has 1 aromatic heterocycles. The summed E-state index contributed by atoms with van der Waals surface area (Å²) in [7, 11) is 1.71. The van der Waals surface area contributed by atoms with E-state index in [0.717, 1.165) is 38.5 Å². The van der Waals surface area contributed by atoms with Crippen LogP contribution in [0.2, 0.25) is 0 Å². The first kappa shape index (κ1) is 24.4. The van der Waals surface area contributed by atoms with Gasteiger partial charge in [-0.05, 0) is 69.2 Å². The third-order valence-corrected chi connectivity index (χ3v) is 6.86. The van der Waals surface area contributed by atoms with E-state index in [9.17, 15) is 14.0 Å². The molecule has 0 saturated heterocycles. The molecule has 8 heteroatoms. The van der Waals surface area contributed by atoms with Crippen molar-refractivity contribution in [2.24, 2.45) is 5.41 Å². The van der Waals surface area contributed by atoms with Gasteiger partial charge in [0.05, 0.1) is 30.0 Å². The van der Waals surface area contributed by atoms with Crippen LogP contribution in [0.25, 0.3) is 11.1 Å². The molecule has 1 aromatic carbocycles. The van der Waals surface area contributed by atoms with Gasteiger partial charge in [0.2, 0.25) is 0 Å². The summed E-state index contributed by atoms with van der Waals surface area (Å²) in [5.41, 5.74) is 0.801. The van der Waals surface area contributed by atoms with E-state index >= 15 is 0 Å². The van der Waals surface area contributed by atoms with Crippen molar-refractivity contribution in [2.75, 3.05) is 30.9 Å². The third kappa shape index (κ3) is 6.02. The number of anilines is 2. The predicted molar refractivity (Wildman–Crippen MR) is 129 cm³/mol. The Balaban J connectivity index is 1.40. The fourth-order valence-electron chi connectivity index (χ4n) is 4.62. The molecule has 6 nitrogen and oxygen atoms in total. The van der Waals surface area contributed by atoms with E-state index < -0.39 is 17.0 Å². The predicted octanol–water partition coefficient (Wildman–Crippen LogP) is 5.09. The minimum atomic E-state index is -0.459. The molecule has 1 heterocycles. The summed E-state index contributed by atoms with van der Waals surface area (Å²) in [6, 6.07) is 9.54. The highest BCUT2D eigenvalue weighted by Gasteiger charge is 2.43. The number of nitriles is 1. The van der Waals surface area contributed by atoms with Crippen LogP contribution in [0.1, 0.15) is 45.4 Å². The van der Waals surface area contributed by atoms with Crippen LogP contribution < -0.4 is 16.0 Å². The van der Waals surface area contributed by atoms with Gasteiger partial charge in [0.15, 0.2) is 0 Å². The van der Waals surface area contributed by atoms with Crippen LogP contribution in [0.3, 0.4) is 0 Å². The number of hydrogen-bond donors (Lipinski definition) is 3. The number of aromatic nitrogens is 1. The van der Waals surface area contributed by atoms with E-state index in [1.54, 1.807) is 25.3 Å². The van der Waals surface area contributed by atoms with Crippen molar-refractivity contribution in [3.05, 3.63) is 42.1 Å². The van der Waals surface area contributed by atoms with E-state index in [2.05, 4.69) is 33.9 Å². The van der Waals surface area contributed by atoms with Crippen LogP contribution in [0, 0.1) is 28.4 Å². The second-order valence-corrected chi connectivity index (χ2v) is 9.71. The van der Waals surface area contributed by atoms with Crippen LogP contribution in [0.15, 0.2) is 30.5 Å². The molecule has 2 fully saturated rings. The molecule has 2 saturated carbocycles. The molecule has 0 radical (unpaired) electrons. The van der Waals surface area contributed by atoms with Crippen molar-refractivity contribution in [1.82, 2.24) is 10.3 Å². The van der Waals surface area contributed by atoms with Crippen LogP contribution in [-0.4, -0.2) is 43.4 Å². The summed E-state index contributed by atoms with van der Waals surface area (Å²) in [5, 5.41) is 19.3. The second-order valence-electron chi connectivity index (χ2n) is 9.71. The van der Waals surface area contributed by atoms with Gasteiger partial charge in [-0.1, -0.05) is 6.07 Å². The number of ether oxygens (including phenoxy) is 1. The third-order valence-electron chi connectivity index (χ3n) is 6.86. The Morgan fingerprint density at radius 3 is 2.56 bits per heavy atom. The van der Waals surface area contributed by atoms with Crippen molar-refractivity contribution < 1.29 is 13.5 Å². The smallest absolute Gasteiger partial charge is 0.149 e. The fraction of sp³-hybridized carbons (Fsp3) is 0.538. The Morgan fingerprint density at radius 2 is 1.88 bits per heavy atom. The van der Waals surface area contributed by atoms with Crippen molar-refractivity contribution in [2.45, 2.75) is 63.6 Å². The van der Waals surface area contributed by atoms with Crippen LogP contribution in [0.4, 0.5) is 20.3 Å². The molecular weight excluding hydrogens is 436 g/mol. The van der Waals surface area contributed by atoms with Crippen molar-refractivity contribution >= 4 is 11.5 Å². The van der Waals surface area contributed by atoms with Crippen molar-refractivity contribution in [1.29, 1.82) is 5.26 Å². The minimum Gasteiger partial charge on any atom is -0.383 e. The van der Waals surface area contributed by atoms with Gasteiger partial charge < -0.3 is 20.7 Å². The molecule has 2 aliphatic rings. The van der Waals surface area contributed by atoms with E-state index in [1.165, 1.54) is 12.3 Å². The molecule has 0 unspecified atom stereocenters. The molecule has 34 heavy (non-hydrogen) atoms. The largest absolute Gasteiger partial charge is 0.383 e. The Labute approximate surface area is 200 Å². The molecule has 4 rings (SSSR count). The van der Waals surface area contributed by atoms with Crippen molar-refractivity contribution in [3.63, 3.8) is 0 Å². The number of benzene rings is 1. The molecule has 2 aliphatic carbocycles. The van der Waals surface area contributed by atoms with Crippen LogP contribution in [0.5, 0.6) is 0 Å². The van der Waals surface area contributed by atoms with Crippen molar-refractivity contribution in [3.8, 4) is 17.2 Å². The van der Waals surface area contributed by atoms with E-state index in [0.29, 0.717) is 42.2 Å². The molecule has 2 aromatic rings. The number of rotatable bonds is 10. The summed E-state index contributed by atoms with van der Waals surface area (Å²) in [6.45, 7) is 3.21. The number of methoxy groups -OCH3 is 1. The first-order valence-corrected chi connectivity index (χ1v) is 12.0. The lowest BCUT2D eigenvalue weighted by molar-refractivity contribution is 0.161. The van der Waals surface area contributed by atoms with E-state index in [1.807, 2.05) is 0 Å². The first-order chi connectivity index (χ1) is 16.4. The zero-order valence-corrected chi connectivity index (χ0v) is 19.8. The Kier molecular flexibility index (Phi) is 7.64. The zero-order chi connectivity index (χ0) is 24.1. The second kappa shape index (κ2) is 10.7. The Bertz CT molecular complexity index is 1030. The molecule has 0 amide bonds. The molecule has 0 spiro atoms. The van der Waals surface area contributed by atoms with Gasteiger partial charge in [0.1, 0.15) is 17.5 Å². The molecule has 3 N–H and O–H groups in total. The normalized spacial score (nSPS) is 22.0. The summed E-state index contributed by atoms with van der Waals surface area (Å²) in [5.74, 6) is -0.268. The number of pyridine rings is 1. The van der Waals surface area contributed by atoms with Gasteiger partial charge in [0.25, 0.3) is 0 Å².